The lowest BCUT2D eigenvalue weighted by molar-refractivity contribution is 0.180. The lowest BCUT2D eigenvalue weighted by Gasteiger charge is -2.32. The molecule has 4 heterocycles. The van der Waals surface area contributed by atoms with Crippen molar-refractivity contribution in [2.45, 2.75) is 45.8 Å². The molecular formula is C26H31ClN4OS. The van der Waals surface area contributed by atoms with Crippen LogP contribution in [-0.4, -0.2) is 40.5 Å². The van der Waals surface area contributed by atoms with E-state index in [4.69, 9.17) is 11.6 Å². The van der Waals surface area contributed by atoms with Gasteiger partial charge in [-0.25, -0.2) is 4.79 Å². The molecule has 5 nitrogen and oxygen atoms in total. The SMILES string of the molecule is CC(C)CCNC(=O)N1Cc2c(sc3c2CCN(C)C3)-n2cccc2C1c1ccc(Cl)cc1. The van der Waals surface area contributed by atoms with Crippen LogP contribution in [0.25, 0.3) is 5.00 Å². The third-order valence-corrected chi connectivity index (χ3v) is 8.21. The summed E-state index contributed by atoms with van der Waals surface area (Å²) in [6, 6.07) is 12.0. The van der Waals surface area contributed by atoms with Gasteiger partial charge in [0.15, 0.2) is 0 Å². The number of nitrogens with one attached hydrogen (secondary N) is 1. The minimum absolute atomic E-state index is 0.0101. The summed E-state index contributed by atoms with van der Waals surface area (Å²) in [6.07, 6.45) is 4.14. The van der Waals surface area contributed by atoms with Crippen LogP contribution in [0.15, 0.2) is 42.6 Å². The maximum Gasteiger partial charge on any atom is 0.318 e. The van der Waals surface area contributed by atoms with Crippen molar-refractivity contribution >= 4 is 29.0 Å². The summed E-state index contributed by atoms with van der Waals surface area (Å²) in [5.74, 6) is 0.547. The van der Waals surface area contributed by atoms with Crippen molar-refractivity contribution < 1.29 is 4.79 Å². The fourth-order valence-electron chi connectivity index (χ4n) is 4.92. The van der Waals surface area contributed by atoms with Gasteiger partial charge in [-0.2, -0.15) is 0 Å². The molecule has 2 aliphatic heterocycles. The fourth-order valence-corrected chi connectivity index (χ4v) is 6.49. The Hall–Kier alpha value is -2.28. The zero-order valence-corrected chi connectivity index (χ0v) is 21.0. The van der Waals surface area contributed by atoms with Crippen molar-refractivity contribution in [2.75, 3.05) is 20.1 Å². The van der Waals surface area contributed by atoms with E-state index < -0.39 is 0 Å². The van der Waals surface area contributed by atoms with Crippen molar-refractivity contribution in [1.29, 1.82) is 0 Å². The Morgan fingerprint density at radius 2 is 1.97 bits per heavy atom. The van der Waals surface area contributed by atoms with Crippen molar-refractivity contribution in [3.63, 3.8) is 0 Å². The predicted molar refractivity (Wildman–Crippen MR) is 135 cm³/mol. The van der Waals surface area contributed by atoms with Gasteiger partial charge in [-0.15, -0.1) is 11.3 Å². The van der Waals surface area contributed by atoms with Crippen LogP contribution in [0.1, 0.15) is 53.6 Å². The molecule has 7 heteroatoms. The Morgan fingerprint density at radius 1 is 1.18 bits per heavy atom. The summed E-state index contributed by atoms with van der Waals surface area (Å²) in [7, 11) is 2.18. The van der Waals surface area contributed by atoms with Crippen molar-refractivity contribution in [3.8, 4) is 5.00 Å². The molecule has 1 aromatic carbocycles. The summed E-state index contributed by atoms with van der Waals surface area (Å²) in [5, 5.41) is 5.16. The highest BCUT2D eigenvalue weighted by Crippen LogP contribution is 2.43. The van der Waals surface area contributed by atoms with Crippen LogP contribution in [0, 0.1) is 5.92 Å². The van der Waals surface area contributed by atoms with E-state index in [-0.39, 0.29) is 12.1 Å². The molecule has 1 atom stereocenters. The van der Waals surface area contributed by atoms with Gasteiger partial charge in [0.2, 0.25) is 0 Å². The second kappa shape index (κ2) is 9.16. The summed E-state index contributed by atoms with van der Waals surface area (Å²) < 4.78 is 2.30. The third-order valence-electron chi connectivity index (χ3n) is 6.70. The summed E-state index contributed by atoms with van der Waals surface area (Å²) in [6.45, 7) is 7.68. The molecule has 0 bridgehead atoms. The summed E-state index contributed by atoms with van der Waals surface area (Å²) in [4.78, 5) is 19.5. The van der Waals surface area contributed by atoms with Crippen LogP contribution in [0.2, 0.25) is 5.02 Å². The standard InChI is InChI=1S/C26H31ClN4OS/c1-17(2)10-12-28-26(32)31-15-21-20-11-14-29(3)16-23(20)33-25(21)30-13-4-5-22(30)24(31)18-6-8-19(27)9-7-18/h4-9,13,17,24H,10-12,14-16H2,1-3H3,(H,28,32). The first-order valence-electron chi connectivity index (χ1n) is 11.7. The van der Waals surface area contributed by atoms with Gasteiger partial charge in [-0.3, -0.25) is 0 Å². The van der Waals surface area contributed by atoms with Gasteiger partial charge in [-0.05, 0) is 61.2 Å². The normalized spacial score (nSPS) is 18.0. The second-order valence-corrected chi connectivity index (χ2v) is 11.1. The quantitative estimate of drug-likeness (QED) is 0.507. The van der Waals surface area contributed by atoms with Crippen molar-refractivity contribution in [1.82, 2.24) is 19.7 Å². The Balaban J connectivity index is 1.61. The van der Waals surface area contributed by atoms with Crippen LogP contribution >= 0.6 is 22.9 Å². The number of nitrogens with zero attached hydrogens (tertiary/aromatic N) is 3. The summed E-state index contributed by atoms with van der Waals surface area (Å²) in [5.41, 5.74) is 4.92. The van der Waals surface area contributed by atoms with Crippen LogP contribution in [-0.2, 0) is 19.5 Å². The van der Waals surface area contributed by atoms with E-state index in [9.17, 15) is 4.79 Å². The average molecular weight is 483 g/mol. The number of hydrogen-bond donors (Lipinski definition) is 1. The van der Waals surface area contributed by atoms with Gasteiger partial charge in [-0.1, -0.05) is 37.6 Å². The molecule has 2 aliphatic rings. The molecule has 0 aliphatic carbocycles. The van der Waals surface area contributed by atoms with Crippen LogP contribution in [0.3, 0.4) is 0 Å². The molecule has 2 amide bonds. The molecule has 1 N–H and O–H groups in total. The minimum Gasteiger partial charge on any atom is -0.338 e. The first-order valence-corrected chi connectivity index (χ1v) is 12.9. The zero-order chi connectivity index (χ0) is 23.1. The average Bonchev–Trinajstić information content (AvgIpc) is 3.35. The highest BCUT2D eigenvalue weighted by atomic mass is 35.5. The molecule has 0 radical (unpaired) electrons. The number of carbonyl (C=O) groups excluding carboxylic acids is 1. The second-order valence-electron chi connectivity index (χ2n) is 9.57. The number of thiophene rings is 1. The number of aromatic nitrogens is 1. The number of amides is 2. The lowest BCUT2D eigenvalue weighted by atomic mass is 10.0. The van der Waals surface area contributed by atoms with E-state index in [1.807, 2.05) is 40.5 Å². The molecule has 5 rings (SSSR count). The van der Waals surface area contributed by atoms with Crippen LogP contribution in [0.5, 0.6) is 0 Å². The molecule has 0 saturated heterocycles. The number of fused-ring (bicyclic) bond motifs is 5. The van der Waals surface area contributed by atoms with Gasteiger partial charge in [0.05, 0.1) is 18.3 Å². The van der Waals surface area contributed by atoms with Crippen LogP contribution in [0.4, 0.5) is 4.79 Å². The molecule has 2 aromatic heterocycles. The number of urea groups is 1. The summed E-state index contributed by atoms with van der Waals surface area (Å²) >= 11 is 8.08. The Bertz CT molecular complexity index is 1150. The monoisotopic (exact) mass is 482 g/mol. The first kappa shape index (κ1) is 22.5. The zero-order valence-electron chi connectivity index (χ0n) is 19.5. The highest BCUT2D eigenvalue weighted by molar-refractivity contribution is 7.15. The molecule has 33 heavy (non-hydrogen) atoms. The van der Waals surface area contributed by atoms with E-state index in [1.54, 1.807) is 0 Å². The van der Waals surface area contributed by atoms with E-state index >= 15 is 0 Å². The maximum absolute atomic E-state index is 13.6. The third kappa shape index (κ3) is 4.32. The largest absolute Gasteiger partial charge is 0.338 e. The first-order chi connectivity index (χ1) is 15.9. The van der Waals surface area contributed by atoms with E-state index in [2.05, 4.69) is 54.0 Å². The van der Waals surface area contributed by atoms with E-state index in [1.165, 1.54) is 21.0 Å². The Morgan fingerprint density at radius 3 is 2.73 bits per heavy atom. The fraction of sp³-hybridized carbons (Fsp3) is 0.423. The van der Waals surface area contributed by atoms with Crippen molar-refractivity contribution in [3.05, 3.63) is 74.9 Å². The molecule has 3 aromatic rings. The topological polar surface area (TPSA) is 40.5 Å². The highest BCUT2D eigenvalue weighted by Gasteiger charge is 2.36. The van der Waals surface area contributed by atoms with E-state index in [0.29, 0.717) is 24.0 Å². The number of carbonyl (C=O) groups is 1. The van der Waals surface area contributed by atoms with Gasteiger partial charge < -0.3 is 19.7 Å². The number of hydrogen-bond acceptors (Lipinski definition) is 3. The Kier molecular flexibility index (Phi) is 6.25. The van der Waals surface area contributed by atoms with Gasteiger partial charge in [0.25, 0.3) is 0 Å². The van der Waals surface area contributed by atoms with Gasteiger partial charge >= 0.3 is 6.03 Å². The Labute approximate surface area is 205 Å². The van der Waals surface area contributed by atoms with Gasteiger partial charge in [0.1, 0.15) is 5.00 Å². The smallest absolute Gasteiger partial charge is 0.318 e. The van der Waals surface area contributed by atoms with Crippen molar-refractivity contribution in [2.24, 2.45) is 5.92 Å². The molecule has 174 valence electrons. The number of benzene rings is 1. The van der Waals surface area contributed by atoms with Crippen LogP contribution < -0.4 is 5.32 Å². The minimum atomic E-state index is -0.183. The molecule has 0 spiro atoms. The molecule has 0 fully saturated rings. The molecule has 0 saturated carbocycles. The predicted octanol–water partition coefficient (Wildman–Crippen LogP) is 5.84. The number of halogens is 1. The van der Waals surface area contributed by atoms with Gasteiger partial charge in [0, 0.05) is 41.3 Å². The maximum atomic E-state index is 13.6. The molecular weight excluding hydrogens is 452 g/mol. The van der Waals surface area contributed by atoms with E-state index in [0.717, 1.165) is 37.2 Å². The number of rotatable bonds is 4. The molecule has 1 unspecified atom stereocenters. The lowest BCUT2D eigenvalue weighted by Crippen LogP contribution is -2.42. The number of likely N-dealkylation sites (N-methyl/N-ethyl adjacent to an activating group) is 1.